The number of nitrogens with one attached hydrogen (secondary N) is 2. The average Bonchev–Trinajstić information content (AvgIpc) is 3.22. The summed E-state index contributed by atoms with van der Waals surface area (Å²) in [7, 11) is 1.75. The normalized spacial score (nSPS) is 16.1. The first kappa shape index (κ1) is 23.2. The van der Waals surface area contributed by atoms with E-state index in [2.05, 4.69) is 45.7 Å². The number of hydrogen-bond donors (Lipinski definition) is 2. The van der Waals surface area contributed by atoms with Gasteiger partial charge in [0.1, 0.15) is 24.2 Å². The van der Waals surface area contributed by atoms with Crippen molar-refractivity contribution < 1.29 is 14.2 Å². The summed E-state index contributed by atoms with van der Waals surface area (Å²) in [6.45, 7) is 5.26. The van der Waals surface area contributed by atoms with Crippen molar-refractivity contribution in [2.24, 2.45) is 4.99 Å². The van der Waals surface area contributed by atoms with E-state index >= 15 is 0 Å². The van der Waals surface area contributed by atoms with Gasteiger partial charge in [-0.2, -0.15) is 0 Å². The lowest BCUT2D eigenvalue weighted by molar-refractivity contribution is 0.140. The van der Waals surface area contributed by atoms with E-state index in [1.807, 2.05) is 12.1 Å². The van der Waals surface area contributed by atoms with E-state index in [1.54, 1.807) is 19.4 Å². The molecule has 2 aromatic rings. The topological polar surface area (TPSA) is 77.0 Å². The van der Waals surface area contributed by atoms with Gasteiger partial charge in [-0.1, -0.05) is 12.1 Å². The summed E-state index contributed by atoms with van der Waals surface area (Å²) in [5, 5.41) is 6.58. The van der Waals surface area contributed by atoms with Gasteiger partial charge in [-0.3, -0.25) is 9.98 Å². The van der Waals surface area contributed by atoms with Gasteiger partial charge in [-0.05, 0) is 30.7 Å². The van der Waals surface area contributed by atoms with Crippen LogP contribution in [0.2, 0.25) is 0 Å². The van der Waals surface area contributed by atoms with Gasteiger partial charge in [0.15, 0.2) is 5.96 Å². The first-order chi connectivity index (χ1) is 13.7. The largest absolute Gasteiger partial charge is 0.490 e. The molecule has 3 rings (SSSR count). The molecule has 7 nitrogen and oxygen atoms in total. The SMILES string of the molecule is CN=C(NCCOc1cccnc1)NCc1ccc(C)cc1OC1CCOC1.I. The van der Waals surface area contributed by atoms with E-state index in [9.17, 15) is 0 Å². The molecular weight excluding hydrogens is 483 g/mol. The molecule has 1 atom stereocenters. The van der Waals surface area contributed by atoms with Crippen LogP contribution in [0.1, 0.15) is 17.5 Å². The van der Waals surface area contributed by atoms with Gasteiger partial charge < -0.3 is 24.8 Å². The van der Waals surface area contributed by atoms with Crippen LogP contribution in [0, 0.1) is 6.92 Å². The molecule has 0 amide bonds. The lowest BCUT2D eigenvalue weighted by atomic mass is 10.1. The fourth-order valence-electron chi connectivity index (χ4n) is 2.87. The Morgan fingerprint density at radius 2 is 2.21 bits per heavy atom. The highest BCUT2D eigenvalue weighted by molar-refractivity contribution is 14.0. The van der Waals surface area contributed by atoms with Gasteiger partial charge in [0.2, 0.25) is 0 Å². The molecular formula is C21H29IN4O3. The number of aryl methyl sites for hydroxylation is 1. The monoisotopic (exact) mass is 512 g/mol. The van der Waals surface area contributed by atoms with Crippen LogP contribution in [0.4, 0.5) is 0 Å². The van der Waals surface area contributed by atoms with Crippen molar-refractivity contribution in [3.8, 4) is 11.5 Å². The molecule has 0 bridgehead atoms. The number of guanidine groups is 1. The summed E-state index contributed by atoms with van der Waals surface area (Å²) in [5.41, 5.74) is 2.26. The van der Waals surface area contributed by atoms with E-state index in [-0.39, 0.29) is 30.1 Å². The molecule has 158 valence electrons. The third-order valence-electron chi connectivity index (χ3n) is 4.37. The Bertz CT molecular complexity index is 768. The Hall–Kier alpha value is -2.07. The van der Waals surface area contributed by atoms with Gasteiger partial charge in [-0.15, -0.1) is 24.0 Å². The van der Waals surface area contributed by atoms with Crippen molar-refractivity contribution in [1.29, 1.82) is 0 Å². The first-order valence-electron chi connectivity index (χ1n) is 9.56. The number of halogens is 1. The number of hydrogen-bond acceptors (Lipinski definition) is 5. The predicted octanol–water partition coefficient (Wildman–Crippen LogP) is 2.92. The molecule has 1 fully saturated rings. The van der Waals surface area contributed by atoms with Crippen LogP contribution < -0.4 is 20.1 Å². The average molecular weight is 512 g/mol. The Balaban J connectivity index is 0.00000300. The second kappa shape index (κ2) is 12.5. The molecule has 1 aromatic carbocycles. The Kier molecular flexibility index (Phi) is 9.99. The van der Waals surface area contributed by atoms with Crippen molar-refractivity contribution in [3.05, 3.63) is 53.9 Å². The summed E-state index contributed by atoms with van der Waals surface area (Å²) in [5.74, 6) is 2.37. The van der Waals surface area contributed by atoms with E-state index in [4.69, 9.17) is 14.2 Å². The third-order valence-corrected chi connectivity index (χ3v) is 4.37. The summed E-state index contributed by atoms with van der Waals surface area (Å²) < 4.78 is 17.2. The Morgan fingerprint density at radius 3 is 2.93 bits per heavy atom. The maximum atomic E-state index is 6.15. The lowest BCUT2D eigenvalue weighted by Gasteiger charge is -2.18. The van der Waals surface area contributed by atoms with Crippen LogP contribution in [0.3, 0.4) is 0 Å². The summed E-state index contributed by atoms with van der Waals surface area (Å²) >= 11 is 0. The van der Waals surface area contributed by atoms with Crippen LogP contribution in [-0.4, -0.2) is 50.5 Å². The van der Waals surface area contributed by atoms with Gasteiger partial charge in [0.25, 0.3) is 0 Å². The maximum absolute atomic E-state index is 6.15. The minimum atomic E-state index is 0. The van der Waals surface area contributed by atoms with Crippen LogP contribution in [0.15, 0.2) is 47.7 Å². The predicted molar refractivity (Wildman–Crippen MR) is 124 cm³/mol. The van der Waals surface area contributed by atoms with Crippen molar-refractivity contribution in [3.63, 3.8) is 0 Å². The van der Waals surface area contributed by atoms with E-state index in [1.165, 1.54) is 5.56 Å². The standard InChI is InChI=1S/C21H28N4O3.HI/c1-16-5-6-17(20(12-16)28-19-7-10-26-15-19)13-25-21(22-2)24-9-11-27-18-4-3-8-23-14-18;/h3-6,8,12,14,19H,7,9-11,13,15H2,1-2H3,(H2,22,24,25);1H. The second-order valence-corrected chi connectivity index (χ2v) is 6.60. The molecule has 1 aliphatic heterocycles. The first-order valence-corrected chi connectivity index (χ1v) is 9.56. The fourth-order valence-corrected chi connectivity index (χ4v) is 2.87. The highest BCUT2D eigenvalue weighted by Gasteiger charge is 2.18. The highest BCUT2D eigenvalue weighted by atomic mass is 127. The minimum Gasteiger partial charge on any atom is -0.490 e. The zero-order chi connectivity index (χ0) is 19.6. The number of aliphatic imine (C=N–C) groups is 1. The molecule has 0 aliphatic carbocycles. The molecule has 1 unspecified atom stereocenters. The van der Waals surface area contributed by atoms with Gasteiger partial charge in [0, 0.05) is 31.8 Å². The van der Waals surface area contributed by atoms with E-state index in [0.29, 0.717) is 32.3 Å². The van der Waals surface area contributed by atoms with Crippen LogP contribution in [0.5, 0.6) is 11.5 Å². The van der Waals surface area contributed by atoms with Gasteiger partial charge in [-0.25, -0.2) is 0 Å². The zero-order valence-electron chi connectivity index (χ0n) is 16.9. The summed E-state index contributed by atoms with van der Waals surface area (Å²) in [4.78, 5) is 8.29. The number of ether oxygens (including phenoxy) is 3. The molecule has 1 saturated heterocycles. The molecule has 1 aliphatic rings. The number of rotatable bonds is 8. The maximum Gasteiger partial charge on any atom is 0.191 e. The quantitative estimate of drug-likeness (QED) is 0.245. The van der Waals surface area contributed by atoms with E-state index in [0.717, 1.165) is 30.1 Å². The minimum absolute atomic E-state index is 0. The van der Waals surface area contributed by atoms with Gasteiger partial charge in [0.05, 0.1) is 26.0 Å². The van der Waals surface area contributed by atoms with Gasteiger partial charge >= 0.3 is 0 Å². The van der Waals surface area contributed by atoms with Crippen LogP contribution in [-0.2, 0) is 11.3 Å². The molecule has 2 heterocycles. The smallest absolute Gasteiger partial charge is 0.191 e. The van der Waals surface area contributed by atoms with Crippen LogP contribution >= 0.6 is 24.0 Å². The molecule has 0 saturated carbocycles. The summed E-state index contributed by atoms with van der Waals surface area (Å²) in [6.07, 6.45) is 4.48. The molecule has 1 aromatic heterocycles. The molecule has 29 heavy (non-hydrogen) atoms. The Morgan fingerprint density at radius 1 is 1.31 bits per heavy atom. The highest BCUT2D eigenvalue weighted by Crippen LogP contribution is 2.23. The molecule has 0 radical (unpaired) electrons. The fraction of sp³-hybridized carbons (Fsp3) is 0.429. The molecule has 8 heteroatoms. The third kappa shape index (κ3) is 7.69. The summed E-state index contributed by atoms with van der Waals surface area (Å²) in [6, 6.07) is 9.99. The lowest BCUT2D eigenvalue weighted by Crippen LogP contribution is -2.39. The van der Waals surface area contributed by atoms with Crippen LogP contribution in [0.25, 0.3) is 0 Å². The Labute approximate surface area is 189 Å². The number of aromatic nitrogens is 1. The van der Waals surface area contributed by atoms with Crippen molar-refractivity contribution in [2.75, 3.05) is 33.4 Å². The second-order valence-electron chi connectivity index (χ2n) is 6.60. The molecule has 2 N–H and O–H groups in total. The number of nitrogens with zero attached hydrogens (tertiary/aromatic N) is 2. The zero-order valence-corrected chi connectivity index (χ0v) is 19.2. The van der Waals surface area contributed by atoms with Crippen molar-refractivity contribution in [2.45, 2.75) is 26.0 Å². The number of pyridine rings is 1. The molecule has 0 spiro atoms. The van der Waals surface area contributed by atoms with Crippen molar-refractivity contribution in [1.82, 2.24) is 15.6 Å². The van der Waals surface area contributed by atoms with Crippen molar-refractivity contribution >= 4 is 29.9 Å². The number of benzene rings is 1. The van der Waals surface area contributed by atoms with E-state index < -0.39 is 0 Å².